The van der Waals surface area contributed by atoms with E-state index in [1.54, 1.807) is 0 Å². The summed E-state index contributed by atoms with van der Waals surface area (Å²) < 4.78 is 1.00. The maximum absolute atomic E-state index is 11.8. The molecular formula is C15H18BrNO3. The minimum Gasteiger partial charge on any atom is -0.480 e. The summed E-state index contributed by atoms with van der Waals surface area (Å²) in [5.41, 5.74) is 1.07. The van der Waals surface area contributed by atoms with Crippen LogP contribution >= 0.6 is 15.9 Å². The molecule has 1 unspecified atom stereocenters. The zero-order valence-corrected chi connectivity index (χ0v) is 12.7. The minimum absolute atomic E-state index is 0.194. The molecule has 1 aromatic carbocycles. The van der Waals surface area contributed by atoms with Gasteiger partial charge in [-0.25, -0.2) is 4.79 Å². The van der Waals surface area contributed by atoms with Gasteiger partial charge in [-0.3, -0.25) is 4.79 Å². The van der Waals surface area contributed by atoms with Gasteiger partial charge in [0, 0.05) is 10.9 Å². The first-order valence-electron chi connectivity index (χ1n) is 6.81. The number of benzene rings is 1. The lowest BCUT2D eigenvalue weighted by Crippen LogP contribution is -2.41. The van der Waals surface area contributed by atoms with E-state index in [0.717, 1.165) is 22.9 Å². The summed E-state index contributed by atoms with van der Waals surface area (Å²) in [5, 5.41) is 11.7. The minimum atomic E-state index is -0.936. The summed E-state index contributed by atoms with van der Waals surface area (Å²) in [6.07, 6.45) is 3.65. The van der Waals surface area contributed by atoms with Crippen molar-refractivity contribution in [3.05, 3.63) is 34.3 Å². The lowest BCUT2D eigenvalue weighted by atomic mass is 10.1. The number of carbonyl (C=O) groups excluding carboxylic acids is 1. The first-order valence-corrected chi connectivity index (χ1v) is 7.60. The molecule has 108 valence electrons. The second kappa shape index (κ2) is 6.88. The number of carboxylic acids is 1. The molecule has 1 fully saturated rings. The fourth-order valence-electron chi connectivity index (χ4n) is 2.08. The number of amides is 1. The largest absolute Gasteiger partial charge is 0.480 e. The molecule has 5 heteroatoms. The van der Waals surface area contributed by atoms with Crippen LogP contribution in [-0.4, -0.2) is 23.0 Å². The highest BCUT2D eigenvalue weighted by Gasteiger charge is 2.29. The van der Waals surface area contributed by atoms with Gasteiger partial charge in [0.1, 0.15) is 6.04 Å². The van der Waals surface area contributed by atoms with E-state index >= 15 is 0 Å². The molecule has 0 radical (unpaired) electrons. The fourth-order valence-corrected chi connectivity index (χ4v) is 2.35. The average molecular weight is 340 g/mol. The van der Waals surface area contributed by atoms with Gasteiger partial charge in [-0.05, 0) is 36.5 Å². The molecule has 1 amide bonds. The number of carbonyl (C=O) groups is 2. The number of hydrogen-bond acceptors (Lipinski definition) is 2. The first kappa shape index (κ1) is 15.0. The zero-order valence-electron chi connectivity index (χ0n) is 11.1. The molecule has 0 spiro atoms. The summed E-state index contributed by atoms with van der Waals surface area (Å²) in [4.78, 5) is 22.9. The van der Waals surface area contributed by atoms with Gasteiger partial charge in [0.2, 0.25) is 5.91 Å². The van der Waals surface area contributed by atoms with Crippen molar-refractivity contribution in [3.63, 3.8) is 0 Å². The van der Waals surface area contributed by atoms with Crippen molar-refractivity contribution >= 4 is 27.8 Å². The standard InChI is InChI=1S/C15H18BrNO3/c16-12-6-3-10(4-7-12)5-8-14(18)17-13(15(19)20)9-11-1-2-11/h3-4,6-7,11,13H,1-2,5,8-9H2,(H,17,18)(H,19,20). The molecule has 1 aromatic rings. The van der Waals surface area contributed by atoms with Crippen molar-refractivity contribution in [2.24, 2.45) is 5.92 Å². The molecule has 2 N–H and O–H groups in total. The fraction of sp³-hybridized carbons (Fsp3) is 0.467. The summed E-state index contributed by atoms with van der Waals surface area (Å²) in [6.45, 7) is 0. The first-order chi connectivity index (χ1) is 9.54. The van der Waals surface area contributed by atoms with Crippen molar-refractivity contribution in [2.75, 3.05) is 0 Å². The number of halogens is 1. The van der Waals surface area contributed by atoms with E-state index in [1.807, 2.05) is 24.3 Å². The normalized spacial score (nSPS) is 15.7. The van der Waals surface area contributed by atoms with Crippen LogP contribution in [0.1, 0.15) is 31.2 Å². The highest BCUT2D eigenvalue weighted by Crippen LogP contribution is 2.33. The predicted octanol–water partition coefficient (Wildman–Crippen LogP) is 2.75. The van der Waals surface area contributed by atoms with Crippen molar-refractivity contribution in [2.45, 2.75) is 38.1 Å². The van der Waals surface area contributed by atoms with Gasteiger partial charge in [-0.15, -0.1) is 0 Å². The van der Waals surface area contributed by atoms with Crippen LogP contribution in [-0.2, 0) is 16.0 Å². The molecule has 0 bridgehead atoms. The molecule has 2 rings (SSSR count). The molecule has 1 atom stereocenters. The van der Waals surface area contributed by atoms with Gasteiger partial charge < -0.3 is 10.4 Å². The third kappa shape index (κ3) is 4.96. The quantitative estimate of drug-likeness (QED) is 0.802. The Morgan fingerprint density at radius 3 is 2.50 bits per heavy atom. The average Bonchev–Trinajstić information content (AvgIpc) is 3.21. The Labute approximate surface area is 126 Å². The van der Waals surface area contributed by atoms with Crippen LogP contribution in [0.15, 0.2) is 28.7 Å². The van der Waals surface area contributed by atoms with Gasteiger partial charge in [-0.2, -0.15) is 0 Å². The molecule has 0 aromatic heterocycles. The number of aliphatic carboxylic acids is 1. The van der Waals surface area contributed by atoms with Crippen LogP contribution in [0.25, 0.3) is 0 Å². The number of nitrogens with one attached hydrogen (secondary N) is 1. The van der Waals surface area contributed by atoms with E-state index in [0.29, 0.717) is 25.2 Å². The van der Waals surface area contributed by atoms with Crippen LogP contribution in [0.2, 0.25) is 0 Å². The highest BCUT2D eigenvalue weighted by atomic mass is 79.9. The van der Waals surface area contributed by atoms with Crippen molar-refractivity contribution in [1.82, 2.24) is 5.32 Å². The molecule has 1 saturated carbocycles. The smallest absolute Gasteiger partial charge is 0.326 e. The molecular weight excluding hydrogens is 322 g/mol. The van der Waals surface area contributed by atoms with Gasteiger partial charge in [0.15, 0.2) is 0 Å². The van der Waals surface area contributed by atoms with E-state index in [2.05, 4.69) is 21.2 Å². The Hall–Kier alpha value is -1.36. The summed E-state index contributed by atoms with van der Waals surface area (Å²) in [6, 6.07) is 7.03. The second-order valence-electron chi connectivity index (χ2n) is 5.26. The lowest BCUT2D eigenvalue weighted by Gasteiger charge is -2.14. The van der Waals surface area contributed by atoms with Crippen molar-refractivity contribution < 1.29 is 14.7 Å². The molecule has 1 aliphatic rings. The molecule has 0 heterocycles. The topological polar surface area (TPSA) is 66.4 Å². The van der Waals surface area contributed by atoms with Crippen LogP contribution < -0.4 is 5.32 Å². The summed E-state index contributed by atoms with van der Waals surface area (Å²) in [7, 11) is 0. The van der Waals surface area contributed by atoms with E-state index in [9.17, 15) is 9.59 Å². The maximum atomic E-state index is 11.8. The summed E-state index contributed by atoms with van der Waals surface area (Å²) in [5.74, 6) is -0.655. The predicted molar refractivity (Wildman–Crippen MR) is 79.4 cm³/mol. The molecule has 1 aliphatic carbocycles. The van der Waals surface area contributed by atoms with Gasteiger partial charge in [0.25, 0.3) is 0 Å². The van der Waals surface area contributed by atoms with Gasteiger partial charge >= 0.3 is 5.97 Å². The molecule has 4 nitrogen and oxygen atoms in total. The maximum Gasteiger partial charge on any atom is 0.326 e. The van der Waals surface area contributed by atoms with Crippen LogP contribution in [0, 0.1) is 5.92 Å². The third-order valence-electron chi connectivity index (χ3n) is 3.45. The van der Waals surface area contributed by atoms with Crippen LogP contribution in [0.5, 0.6) is 0 Å². The SMILES string of the molecule is O=C(CCc1ccc(Br)cc1)NC(CC1CC1)C(=O)O. The molecule has 0 saturated heterocycles. The Morgan fingerprint density at radius 1 is 1.30 bits per heavy atom. The van der Waals surface area contributed by atoms with E-state index in [4.69, 9.17) is 5.11 Å². The van der Waals surface area contributed by atoms with Crippen molar-refractivity contribution in [1.29, 1.82) is 0 Å². The Morgan fingerprint density at radius 2 is 1.95 bits per heavy atom. The molecule has 20 heavy (non-hydrogen) atoms. The highest BCUT2D eigenvalue weighted by molar-refractivity contribution is 9.10. The number of aryl methyl sites for hydroxylation is 1. The third-order valence-corrected chi connectivity index (χ3v) is 3.98. The van der Waals surface area contributed by atoms with E-state index in [1.165, 1.54) is 0 Å². The molecule has 0 aliphatic heterocycles. The summed E-state index contributed by atoms with van der Waals surface area (Å²) >= 11 is 3.36. The van der Waals surface area contributed by atoms with Crippen molar-refractivity contribution in [3.8, 4) is 0 Å². The Balaban J connectivity index is 1.78. The monoisotopic (exact) mass is 339 g/mol. The number of hydrogen-bond donors (Lipinski definition) is 2. The van der Waals surface area contributed by atoms with Gasteiger partial charge in [-0.1, -0.05) is 40.9 Å². The number of carboxylic acid groups (broad SMARTS) is 1. The lowest BCUT2D eigenvalue weighted by molar-refractivity contribution is -0.142. The van der Waals surface area contributed by atoms with Gasteiger partial charge in [0.05, 0.1) is 0 Å². The van der Waals surface area contributed by atoms with E-state index in [-0.39, 0.29) is 5.91 Å². The Kier molecular flexibility index (Phi) is 5.17. The zero-order chi connectivity index (χ0) is 14.5. The van der Waals surface area contributed by atoms with Crippen LogP contribution in [0.4, 0.5) is 0 Å². The number of rotatable bonds is 7. The van der Waals surface area contributed by atoms with E-state index < -0.39 is 12.0 Å². The second-order valence-corrected chi connectivity index (χ2v) is 6.18. The Bertz CT molecular complexity index is 482. The van der Waals surface area contributed by atoms with Crippen LogP contribution in [0.3, 0.4) is 0 Å².